The maximum atomic E-state index is 14.1. The molecule has 0 atom stereocenters. The summed E-state index contributed by atoms with van der Waals surface area (Å²) in [6.45, 7) is 7.04. The highest BCUT2D eigenvalue weighted by Gasteiger charge is 2.16. The molecule has 1 amide bonds. The molecule has 2 rings (SSSR count). The Morgan fingerprint density at radius 3 is 2.63 bits per heavy atom. The Balaban J connectivity index is 2.14. The largest absolute Gasteiger partial charge is 0.367 e. The van der Waals surface area contributed by atoms with Crippen molar-refractivity contribution < 1.29 is 9.18 Å². The van der Waals surface area contributed by atoms with Gasteiger partial charge in [0.15, 0.2) is 0 Å². The first kappa shape index (κ1) is 13.8. The second-order valence-corrected chi connectivity index (χ2v) is 5.03. The number of halogens is 1. The van der Waals surface area contributed by atoms with Crippen molar-refractivity contribution >= 4 is 11.6 Å². The molecule has 0 unspecified atom stereocenters. The molecule has 0 saturated carbocycles. The van der Waals surface area contributed by atoms with Crippen LogP contribution in [0.2, 0.25) is 0 Å². The van der Waals surface area contributed by atoms with Crippen molar-refractivity contribution in [2.24, 2.45) is 0 Å². The lowest BCUT2D eigenvalue weighted by Gasteiger charge is -2.29. The number of amides is 1. The molecule has 0 spiro atoms. The lowest BCUT2D eigenvalue weighted by Crippen LogP contribution is -2.43. The van der Waals surface area contributed by atoms with Gasteiger partial charge in [-0.05, 0) is 32.0 Å². The van der Waals surface area contributed by atoms with Crippen LogP contribution in [-0.4, -0.2) is 38.1 Å². The first-order valence-corrected chi connectivity index (χ1v) is 6.64. The van der Waals surface area contributed by atoms with Crippen LogP contribution in [0.4, 0.5) is 10.1 Å². The Morgan fingerprint density at radius 1 is 1.37 bits per heavy atom. The van der Waals surface area contributed by atoms with Gasteiger partial charge in [0.05, 0.1) is 5.69 Å². The van der Waals surface area contributed by atoms with Crippen LogP contribution in [0.3, 0.4) is 0 Å². The van der Waals surface area contributed by atoms with Crippen LogP contribution in [0.15, 0.2) is 18.2 Å². The quantitative estimate of drug-likeness (QED) is 0.867. The summed E-state index contributed by atoms with van der Waals surface area (Å²) in [5, 5.41) is 5.98. The molecule has 1 aliphatic rings. The van der Waals surface area contributed by atoms with Gasteiger partial charge in [0.2, 0.25) is 0 Å². The van der Waals surface area contributed by atoms with E-state index in [1.165, 1.54) is 6.07 Å². The Labute approximate surface area is 113 Å². The smallest absolute Gasteiger partial charge is 0.251 e. The Kier molecular flexibility index (Phi) is 4.37. The van der Waals surface area contributed by atoms with Crippen molar-refractivity contribution in [2.75, 3.05) is 31.1 Å². The first-order chi connectivity index (χ1) is 9.08. The first-order valence-electron chi connectivity index (χ1n) is 6.64. The summed E-state index contributed by atoms with van der Waals surface area (Å²) >= 11 is 0. The summed E-state index contributed by atoms with van der Waals surface area (Å²) in [7, 11) is 0. The van der Waals surface area contributed by atoms with Crippen molar-refractivity contribution in [3.05, 3.63) is 29.6 Å². The lowest BCUT2D eigenvalue weighted by atomic mass is 10.1. The summed E-state index contributed by atoms with van der Waals surface area (Å²) in [5.41, 5.74) is 0.938. The highest BCUT2D eigenvalue weighted by atomic mass is 19.1. The van der Waals surface area contributed by atoms with Gasteiger partial charge in [-0.1, -0.05) is 0 Å². The Bertz CT molecular complexity index is 456. The second-order valence-electron chi connectivity index (χ2n) is 5.03. The SMILES string of the molecule is CC(C)NC(=O)c1ccc(N2CCNCC2)c(F)c1. The standard InChI is InChI=1S/C14H20FN3O/c1-10(2)17-14(19)11-3-4-13(12(15)9-11)18-7-5-16-6-8-18/h3-4,9-10,16H,5-8H2,1-2H3,(H,17,19). The molecule has 1 fully saturated rings. The molecular formula is C14H20FN3O. The van der Waals surface area contributed by atoms with E-state index < -0.39 is 0 Å². The van der Waals surface area contributed by atoms with E-state index in [4.69, 9.17) is 0 Å². The third kappa shape index (κ3) is 3.44. The molecule has 0 bridgehead atoms. The average Bonchev–Trinajstić information content (AvgIpc) is 2.38. The van der Waals surface area contributed by atoms with E-state index in [1.54, 1.807) is 12.1 Å². The van der Waals surface area contributed by atoms with Gasteiger partial charge in [-0.25, -0.2) is 4.39 Å². The predicted molar refractivity (Wildman–Crippen MR) is 74.1 cm³/mol. The Hall–Kier alpha value is -1.62. The second kappa shape index (κ2) is 6.02. The van der Waals surface area contributed by atoms with Crippen LogP contribution in [0.5, 0.6) is 0 Å². The maximum Gasteiger partial charge on any atom is 0.251 e. The normalized spacial score (nSPS) is 15.7. The molecule has 0 aliphatic carbocycles. The Morgan fingerprint density at radius 2 is 2.05 bits per heavy atom. The van der Waals surface area contributed by atoms with E-state index in [0.717, 1.165) is 26.2 Å². The van der Waals surface area contributed by atoms with Gasteiger partial charge in [-0.2, -0.15) is 0 Å². The molecule has 1 saturated heterocycles. The van der Waals surface area contributed by atoms with Gasteiger partial charge in [0.1, 0.15) is 5.82 Å². The number of piperazine rings is 1. The molecule has 1 aromatic rings. The van der Waals surface area contributed by atoms with Crippen molar-refractivity contribution in [1.29, 1.82) is 0 Å². The summed E-state index contributed by atoms with van der Waals surface area (Å²) < 4.78 is 14.1. The molecule has 1 heterocycles. The number of nitrogens with zero attached hydrogens (tertiary/aromatic N) is 1. The van der Waals surface area contributed by atoms with E-state index >= 15 is 0 Å². The van der Waals surface area contributed by atoms with Crippen LogP contribution >= 0.6 is 0 Å². The zero-order valence-corrected chi connectivity index (χ0v) is 11.4. The maximum absolute atomic E-state index is 14.1. The molecule has 104 valence electrons. The number of rotatable bonds is 3. The molecule has 0 radical (unpaired) electrons. The molecule has 19 heavy (non-hydrogen) atoms. The van der Waals surface area contributed by atoms with Crippen molar-refractivity contribution in [2.45, 2.75) is 19.9 Å². The minimum absolute atomic E-state index is 0.0448. The summed E-state index contributed by atoms with van der Waals surface area (Å²) in [4.78, 5) is 13.8. The fourth-order valence-corrected chi connectivity index (χ4v) is 2.16. The van der Waals surface area contributed by atoms with Gasteiger partial charge in [0.25, 0.3) is 5.91 Å². The van der Waals surface area contributed by atoms with E-state index in [9.17, 15) is 9.18 Å². The number of carbonyl (C=O) groups is 1. The van der Waals surface area contributed by atoms with E-state index in [-0.39, 0.29) is 17.8 Å². The zero-order valence-electron chi connectivity index (χ0n) is 11.4. The number of anilines is 1. The van der Waals surface area contributed by atoms with E-state index in [1.807, 2.05) is 18.7 Å². The molecule has 5 heteroatoms. The van der Waals surface area contributed by atoms with Crippen LogP contribution in [0.25, 0.3) is 0 Å². The van der Waals surface area contributed by atoms with Crippen LogP contribution in [0, 0.1) is 5.82 Å². The van der Waals surface area contributed by atoms with Crippen LogP contribution in [-0.2, 0) is 0 Å². The number of nitrogens with one attached hydrogen (secondary N) is 2. The fourth-order valence-electron chi connectivity index (χ4n) is 2.16. The van der Waals surface area contributed by atoms with Crippen molar-refractivity contribution in [3.63, 3.8) is 0 Å². The summed E-state index contributed by atoms with van der Waals surface area (Å²) in [5.74, 6) is -0.570. The highest BCUT2D eigenvalue weighted by Crippen LogP contribution is 2.21. The zero-order chi connectivity index (χ0) is 13.8. The number of benzene rings is 1. The molecular weight excluding hydrogens is 245 g/mol. The summed E-state index contributed by atoms with van der Waals surface area (Å²) in [6.07, 6.45) is 0. The molecule has 0 aromatic heterocycles. The lowest BCUT2D eigenvalue weighted by molar-refractivity contribution is 0.0942. The monoisotopic (exact) mass is 265 g/mol. The van der Waals surface area contributed by atoms with E-state index in [0.29, 0.717) is 11.3 Å². The molecule has 1 aromatic carbocycles. The molecule has 4 nitrogen and oxygen atoms in total. The minimum atomic E-state index is -0.335. The third-order valence-corrected chi connectivity index (χ3v) is 3.09. The van der Waals surface area contributed by atoms with Crippen molar-refractivity contribution in [1.82, 2.24) is 10.6 Å². The third-order valence-electron chi connectivity index (χ3n) is 3.09. The number of hydrogen-bond acceptors (Lipinski definition) is 3. The minimum Gasteiger partial charge on any atom is -0.367 e. The predicted octanol–water partition coefficient (Wildman–Crippen LogP) is 1.37. The van der Waals surface area contributed by atoms with Gasteiger partial charge in [0, 0.05) is 37.8 Å². The highest BCUT2D eigenvalue weighted by molar-refractivity contribution is 5.94. The number of hydrogen-bond donors (Lipinski definition) is 2. The van der Waals surface area contributed by atoms with Gasteiger partial charge in [-0.3, -0.25) is 4.79 Å². The van der Waals surface area contributed by atoms with Gasteiger partial charge in [-0.15, -0.1) is 0 Å². The van der Waals surface area contributed by atoms with Crippen molar-refractivity contribution in [3.8, 4) is 0 Å². The number of carbonyl (C=O) groups excluding carboxylic acids is 1. The molecule has 1 aliphatic heterocycles. The summed E-state index contributed by atoms with van der Waals surface area (Å²) in [6, 6.07) is 4.73. The average molecular weight is 265 g/mol. The fraction of sp³-hybridized carbons (Fsp3) is 0.500. The van der Waals surface area contributed by atoms with Gasteiger partial charge >= 0.3 is 0 Å². The van der Waals surface area contributed by atoms with Gasteiger partial charge < -0.3 is 15.5 Å². The van der Waals surface area contributed by atoms with Crippen LogP contribution < -0.4 is 15.5 Å². The molecule has 2 N–H and O–H groups in total. The topological polar surface area (TPSA) is 44.4 Å². The van der Waals surface area contributed by atoms with E-state index in [2.05, 4.69) is 10.6 Å². The van der Waals surface area contributed by atoms with Crippen LogP contribution in [0.1, 0.15) is 24.2 Å².